The number of rotatable bonds is 1. The van der Waals surface area contributed by atoms with Gasteiger partial charge in [0.2, 0.25) is 0 Å². The Morgan fingerprint density at radius 3 is 3.00 bits per heavy atom. The van der Waals surface area contributed by atoms with Gasteiger partial charge in [-0.2, -0.15) is 5.10 Å². The standard InChI is InChI=1S/C12H12N2O2S/c1-6-9-8(11(17-6)12(15)16)4-3-7-5-13-14(2)10(7)9/h5H,3-4H2,1-2H3,(H,15,16). The molecule has 0 unspecified atom stereocenters. The van der Waals surface area contributed by atoms with Crippen LogP contribution >= 0.6 is 11.3 Å². The zero-order valence-corrected chi connectivity index (χ0v) is 10.5. The van der Waals surface area contributed by atoms with Gasteiger partial charge in [-0.3, -0.25) is 4.68 Å². The van der Waals surface area contributed by atoms with E-state index in [-0.39, 0.29) is 0 Å². The lowest BCUT2D eigenvalue weighted by atomic mass is 9.90. The van der Waals surface area contributed by atoms with Crippen LogP contribution in [0.25, 0.3) is 11.3 Å². The fourth-order valence-corrected chi connectivity index (χ4v) is 3.60. The molecule has 2 aromatic rings. The smallest absolute Gasteiger partial charge is 0.346 e. The van der Waals surface area contributed by atoms with E-state index in [1.165, 1.54) is 16.9 Å². The first kappa shape index (κ1) is 10.5. The number of fused-ring (bicyclic) bond motifs is 3. The summed E-state index contributed by atoms with van der Waals surface area (Å²) in [5, 5.41) is 13.5. The molecule has 1 aliphatic rings. The molecule has 0 bridgehead atoms. The molecule has 1 aliphatic carbocycles. The van der Waals surface area contributed by atoms with Crippen LogP contribution in [0.4, 0.5) is 0 Å². The molecule has 0 saturated heterocycles. The SMILES string of the molecule is Cc1sc(C(=O)O)c2c1-c1c(cnn1C)CC2. The summed E-state index contributed by atoms with van der Waals surface area (Å²) < 4.78 is 1.85. The topological polar surface area (TPSA) is 55.1 Å². The quantitative estimate of drug-likeness (QED) is 0.842. The minimum Gasteiger partial charge on any atom is -0.477 e. The molecule has 0 amide bonds. The average molecular weight is 248 g/mol. The van der Waals surface area contributed by atoms with E-state index in [0.717, 1.165) is 34.5 Å². The van der Waals surface area contributed by atoms with Gasteiger partial charge in [-0.25, -0.2) is 4.79 Å². The van der Waals surface area contributed by atoms with Crippen molar-refractivity contribution in [1.82, 2.24) is 9.78 Å². The van der Waals surface area contributed by atoms with E-state index in [1.54, 1.807) is 0 Å². The lowest BCUT2D eigenvalue weighted by Crippen LogP contribution is -2.07. The molecule has 0 radical (unpaired) electrons. The molecule has 4 nitrogen and oxygen atoms in total. The summed E-state index contributed by atoms with van der Waals surface area (Å²) >= 11 is 1.37. The van der Waals surface area contributed by atoms with Crippen molar-refractivity contribution < 1.29 is 9.90 Å². The number of thiophene rings is 1. The normalized spacial score (nSPS) is 13.3. The van der Waals surface area contributed by atoms with Crippen LogP contribution in [-0.2, 0) is 19.9 Å². The van der Waals surface area contributed by atoms with Crippen molar-refractivity contribution in [2.45, 2.75) is 19.8 Å². The van der Waals surface area contributed by atoms with Crippen LogP contribution < -0.4 is 0 Å². The molecule has 2 heterocycles. The number of carboxylic acid groups (broad SMARTS) is 1. The Kier molecular flexibility index (Phi) is 2.13. The summed E-state index contributed by atoms with van der Waals surface area (Å²) in [4.78, 5) is 12.8. The molecular weight excluding hydrogens is 236 g/mol. The van der Waals surface area contributed by atoms with Gasteiger partial charge in [0.25, 0.3) is 0 Å². The fraction of sp³-hybridized carbons (Fsp3) is 0.333. The van der Waals surface area contributed by atoms with E-state index >= 15 is 0 Å². The van der Waals surface area contributed by atoms with Crippen LogP contribution in [0.3, 0.4) is 0 Å². The highest BCUT2D eigenvalue weighted by Gasteiger charge is 2.28. The van der Waals surface area contributed by atoms with Crippen molar-refractivity contribution in [3.63, 3.8) is 0 Å². The molecule has 0 fully saturated rings. The molecule has 17 heavy (non-hydrogen) atoms. The highest BCUT2D eigenvalue weighted by molar-refractivity contribution is 7.14. The Hall–Kier alpha value is -1.62. The van der Waals surface area contributed by atoms with Crippen LogP contribution in [0, 0.1) is 6.92 Å². The number of nitrogens with zero attached hydrogens (tertiary/aromatic N) is 2. The van der Waals surface area contributed by atoms with E-state index < -0.39 is 5.97 Å². The number of hydrogen-bond donors (Lipinski definition) is 1. The lowest BCUT2D eigenvalue weighted by Gasteiger charge is -2.15. The second-order valence-electron chi connectivity index (χ2n) is 4.29. The van der Waals surface area contributed by atoms with Crippen molar-refractivity contribution >= 4 is 17.3 Å². The van der Waals surface area contributed by atoms with Crippen LogP contribution in [0.15, 0.2) is 6.20 Å². The highest BCUT2D eigenvalue weighted by atomic mass is 32.1. The van der Waals surface area contributed by atoms with Crippen LogP contribution in [-0.4, -0.2) is 20.9 Å². The first-order chi connectivity index (χ1) is 8.09. The summed E-state index contributed by atoms with van der Waals surface area (Å²) in [7, 11) is 1.91. The summed E-state index contributed by atoms with van der Waals surface area (Å²) in [5.74, 6) is -0.815. The summed E-state index contributed by atoms with van der Waals surface area (Å²) in [6.07, 6.45) is 3.57. The molecule has 0 aliphatic heterocycles. The number of aromatic nitrogens is 2. The van der Waals surface area contributed by atoms with E-state index in [1.807, 2.05) is 24.9 Å². The minimum atomic E-state index is -0.815. The third-order valence-corrected chi connectivity index (χ3v) is 4.41. The van der Waals surface area contributed by atoms with Crippen LogP contribution in [0.5, 0.6) is 0 Å². The zero-order valence-electron chi connectivity index (χ0n) is 9.65. The molecule has 5 heteroatoms. The minimum absolute atomic E-state index is 0.490. The van der Waals surface area contributed by atoms with Gasteiger partial charge in [-0.05, 0) is 30.9 Å². The number of carboxylic acids is 1. The largest absolute Gasteiger partial charge is 0.477 e. The van der Waals surface area contributed by atoms with Crippen LogP contribution in [0.1, 0.15) is 25.7 Å². The van der Waals surface area contributed by atoms with Gasteiger partial charge in [0.15, 0.2) is 0 Å². The van der Waals surface area contributed by atoms with E-state index in [2.05, 4.69) is 5.10 Å². The number of hydrogen-bond acceptors (Lipinski definition) is 3. The van der Waals surface area contributed by atoms with E-state index in [0.29, 0.717) is 4.88 Å². The van der Waals surface area contributed by atoms with Crippen molar-refractivity contribution in [1.29, 1.82) is 0 Å². The fourth-order valence-electron chi connectivity index (χ4n) is 2.56. The van der Waals surface area contributed by atoms with Gasteiger partial charge < -0.3 is 5.11 Å². The average Bonchev–Trinajstić information content (AvgIpc) is 2.81. The van der Waals surface area contributed by atoms with Gasteiger partial charge >= 0.3 is 5.97 Å². The van der Waals surface area contributed by atoms with Crippen molar-refractivity contribution in [2.24, 2.45) is 7.05 Å². The number of aryl methyl sites for hydroxylation is 3. The Balaban J connectivity index is 2.33. The summed E-state index contributed by atoms with van der Waals surface area (Å²) in [6.45, 7) is 1.98. The first-order valence-electron chi connectivity index (χ1n) is 5.46. The number of aromatic carboxylic acids is 1. The summed E-state index contributed by atoms with van der Waals surface area (Å²) in [6, 6.07) is 0. The molecule has 0 aromatic carbocycles. The monoisotopic (exact) mass is 248 g/mol. The maximum atomic E-state index is 11.2. The lowest BCUT2D eigenvalue weighted by molar-refractivity contribution is 0.0701. The molecule has 0 atom stereocenters. The molecule has 1 N–H and O–H groups in total. The Morgan fingerprint density at radius 1 is 1.53 bits per heavy atom. The molecule has 3 rings (SSSR count). The summed E-state index contributed by atoms with van der Waals surface area (Å²) in [5.41, 5.74) is 4.38. The molecule has 0 spiro atoms. The number of carbonyl (C=O) groups is 1. The Labute approximate surface area is 103 Å². The van der Waals surface area contributed by atoms with Gasteiger partial charge in [0.1, 0.15) is 4.88 Å². The van der Waals surface area contributed by atoms with Crippen molar-refractivity contribution in [3.8, 4) is 11.3 Å². The third kappa shape index (κ3) is 1.35. The predicted molar refractivity (Wildman–Crippen MR) is 65.6 cm³/mol. The van der Waals surface area contributed by atoms with Crippen LogP contribution in [0.2, 0.25) is 0 Å². The highest BCUT2D eigenvalue weighted by Crippen LogP contribution is 2.41. The Morgan fingerprint density at radius 2 is 2.29 bits per heavy atom. The predicted octanol–water partition coefficient (Wildman–Crippen LogP) is 2.25. The molecule has 0 saturated carbocycles. The van der Waals surface area contributed by atoms with Gasteiger partial charge in [0, 0.05) is 17.5 Å². The first-order valence-corrected chi connectivity index (χ1v) is 6.28. The molecule has 2 aromatic heterocycles. The van der Waals surface area contributed by atoms with Gasteiger partial charge in [0.05, 0.1) is 11.9 Å². The van der Waals surface area contributed by atoms with Crippen molar-refractivity contribution in [3.05, 3.63) is 27.1 Å². The molecular formula is C12H12N2O2S. The maximum Gasteiger partial charge on any atom is 0.346 e. The zero-order chi connectivity index (χ0) is 12.2. The maximum absolute atomic E-state index is 11.2. The van der Waals surface area contributed by atoms with Crippen molar-refractivity contribution in [2.75, 3.05) is 0 Å². The molecule has 88 valence electrons. The van der Waals surface area contributed by atoms with Gasteiger partial charge in [-0.15, -0.1) is 11.3 Å². The Bertz CT molecular complexity index is 625. The second kappa shape index (κ2) is 3.43. The van der Waals surface area contributed by atoms with E-state index in [4.69, 9.17) is 0 Å². The second-order valence-corrected chi connectivity index (χ2v) is 5.51. The third-order valence-electron chi connectivity index (χ3n) is 3.27. The van der Waals surface area contributed by atoms with E-state index in [9.17, 15) is 9.90 Å². The van der Waals surface area contributed by atoms with Gasteiger partial charge in [-0.1, -0.05) is 0 Å².